The Morgan fingerprint density at radius 1 is 0.864 bits per heavy atom. The van der Waals surface area contributed by atoms with Crippen LogP contribution in [0.25, 0.3) is 0 Å². The average molecular weight is 297 g/mol. The predicted octanol–water partition coefficient (Wildman–Crippen LogP) is 3.39. The lowest BCUT2D eigenvalue weighted by Crippen LogP contribution is -2.13. The molecule has 114 valence electrons. The van der Waals surface area contributed by atoms with Gasteiger partial charge in [0.2, 0.25) is 0 Å². The summed E-state index contributed by atoms with van der Waals surface area (Å²) in [5.41, 5.74) is 2.79. The van der Waals surface area contributed by atoms with Gasteiger partial charge in [0.15, 0.2) is 17.3 Å². The Bertz CT molecular complexity index is 717. The highest BCUT2D eigenvalue weighted by Crippen LogP contribution is 2.24. The molecule has 4 nitrogen and oxygen atoms in total. The van der Waals surface area contributed by atoms with Gasteiger partial charge in [0.1, 0.15) is 0 Å². The summed E-state index contributed by atoms with van der Waals surface area (Å²) in [6.45, 7) is 6.55. The van der Waals surface area contributed by atoms with Crippen LogP contribution in [-0.4, -0.2) is 21.9 Å². The van der Waals surface area contributed by atoms with E-state index in [1.54, 1.807) is 30.5 Å². The molecular formula is C18H19NO3. The molecule has 0 saturated carbocycles. The highest BCUT2D eigenvalue weighted by Gasteiger charge is 2.24. The van der Waals surface area contributed by atoms with E-state index in [2.05, 4.69) is 0 Å². The van der Waals surface area contributed by atoms with E-state index in [0.717, 1.165) is 0 Å². The van der Waals surface area contributed by atoms with E-state index in [4.69, 9.17) is 0 Å². The maximum Gasteiger partial charge on any atom is 0.182 e. The van der Waals surface area contributed by atoms with Crippen LogP contribution in [-0.2, 0) is 6.54 Å². The second-order valence-electron chi connectivity index (χ2n) is 5.41. The topological polar surface area (TPSA) is 56.1 Å². The molecule has 1 aromatic carbocycles. The Kier molecular flexibility index (Phi) is 4.40. The van der Waals surface area contributed by atoms with Gasteiger partial charge in [-0.15, -0.1) is 0 Å². The van der Waals surface area contributed by atoms with Crippen molar-refractivity contribution in [2.45, 2.75) is 34.2 Å². The number of hydrogen-bond acceptors (Lipinski definition) is 3. The molecule has 0 bridgehead atoms. The number of nitrogens with zero attached hydrogens (tertiary/aromatic N) is 1. The lowest BCUT2D eigenvalue weighted by atomic mass is 10.0. The number of aromatic nitrogens is 1. The van der Waals surface area contributed by atoms with E-state index in [1.807, 2.05) is 18.2 Å². The first-order chi connectivity index (χ1) is 10.3. The minimum absolute atomic E-state index is 0.0491. The summed E-state index contributed by atoms with van der Waals surface area (Å²) in [6, 6.07) is 8.99. The quantitative estimate of drug-likeness (QED) is 0.795. The van der Waals surface area contributed by atoms with Crippen LogP contribution in [0, 0.1) is 13.8 Å². The molecule has 22 heavy (non-hydrogen) atoms. The van der Waals surface area contributed by atoms with Crippen molar-refractivity contribution < 1.29 is 14.4 Å². The van der Waals surface area contributed by atoms with Gasteiger partial charge in [0.25, 0.3) is 0 Å². The Labute approximate surface area is 129 Å². The molecule has 0 saturated heterocycles. The molecule has 0 fully saturated rings. The SMILES string of the molecule is CC(=O)c1c(C(C)=O)c(C)n(CC(=O)c2ccccc2)c1C. The van der Waals surface area contributed by atoms with E-state index < -0.39 is 0 Å². The Morgan fingerprint density at radius 2 is 1.32 bits per heavy atom. The van der Waals surface area contributed by atoms with Gasteiger partial charge in [-0.1, -0.05) is 30.3 Å². The minimum atomic E-state index is -0.156. The van der Waals surface area contributed by atoms with Crippen molar-refractivity contribution in [2.75, 3.05) is 0 Å². The molecular weight excluding hydrogens is 278 g/mol. The number of hydrogen-bond donors (Lipinski definition) is 0. The molecule has 0 N–H and O–H groups in total. The lowest BCUT2D eigenvalue weighted by Gasteiger charge is -2.09. The second kappa shape index (κ2) is 6.10. The largest absolute Gasteiger partial charge is 0.340 e. The number of ketones is 3. The number of carbonyl (C=O) groups excluding carboxylic acids is 3. The zero-order valence-electron chi connectivity index (χ0n) is 13.3. The fourth-order valence-corrected chi connectivity index (χ4v) is 2.84. The predicted molar refractivity (Wildman–Crippen MR) is 84.7 cm³/mol. The van der Waals surface area contributed by atoms with Gasteiger partial charge >= 0.3 is 0 Å². The molecule has 0 spiro atoms. The third kappa shape index (κ3) is 2.77. The molecule has 0 aliphatic carbocycles. The molecule has 0 aliphatic heterocycles. The summed E-state index contributed by atoms with van der Waals surface area (Å²) in [7, 11) is 0. The molecule has 0 amide bonds. The molecule has 1 heterocycles. The normalized spacial score (nSPS) is 10.5. The highest BCUT2D eigenvalue weighted by molar-refractivity contribution is 6.09. The summed E-state index contributed by atoms with van der Waals surface area (Å²) in [6.07, 6.45) is 0. The standard InChI is InChI=1S/C18H19NO3/c1-11-17(13(3)20)18(14(4)21)12(2)19(11)10-16(22)15-8-6-5-7-9-15/h5-9H,10H2,1-4H3. The van der Waals surface area contributed by atoms with Crippen LogP contribution >= 0.6 is 0 Å². The maximum atomic E-state index is 12.4. The van der Waals surface area contributed by atoms with Crippen LogP contribution in [0.2, 0.25) is 0 Å². The van der Waals surface area contributed by atoms with Gasteiger partial charge in [0.05, 0.1) is 6.54 Å². The highest BCUT2D eigenvalue weighted by atomic mass is 16.1. The van der Waals surface area contributed by atoms with Crippen molar-refractivity contribution in [3.05, 3.63) is 58.4 Å². The summed E-state index contributed by atoms with van der Waals surface area (Å²) >= 11 is 0. The van der Waals surface area contributed by atoms with Gasteiger partial charge < -0.3 is 4.57 Å². The molecule has 1 aromatic heterocycles. The molecule has 2 aromatic rings. The molecule has 0 unspecified atom stereocenters. The lowest BCUT2D eigenvalue weighted by molar-refractivity contribution is 0.0966. The molecule has 0 aliphatic rings. The Hall–Kier alpha value is -2.49. The molecule has 2 rings (SSSR count). The Balaban J connectivity index is 2.49. The zero-order valence-corrected chi connectivity index (χ0v) is 13.3. The van der Waals surface area contributed by atoms with Crippen molar-refractivity contribution in [1.29, 1.82) is 0 Å². The van der Waals surface area contributed by atoms with Crippen molar-refractivity contribution in [3.8, 4) is 0 Å². The number of carbonyl (C=O) groups is 3. The van der Waals surface area contributed by atoms with Gasteiger partial charge in [-0.25, -0.2) is 0 Å². The van der Waals surface area contributed by atoms with E-state index in [1.165, 1.54) is 13.8 Å². The van der Waals surface area contributed by atoms with Gasteiger partial charge in [-0.3, -0.25) is 14.4 Å². The van der Waals surface area contributed by atoms with Crippen LogP contribution < -0.4 is 0 Å². The van der Waals surface area contributed by atoms with Crippen molar-refractivity contribution in [3.63, 3.8) is 0 Å². The number of benzene rings is 1. The van der Waals surface area contributed by atoms with Crippen LogP contribution in [0.4, 0.5) is 0 Å². The van der Waals surface area contributed by atoms with Crippen molar-refractivity contribution >= 4 is 17.3 Å². The smallest absolute Gasteiger partial charge is 0.182 e. The van der Waals surface area contributed by atoms with Crippen LogP contribution in [0.15, 0.2) is 30.3 Å². The summed E-state index contributed by atoms with van der Waals surface area (Å²) in [4.78, 5) is 36.1. The van der Waals surface area contributed by atoms with E-state index >= 15 is 0 Å². The first kappa shape index (κ1) is 15.9. The fraction of sp³-hybridized carbons (Fsp3) is 0.278. The summed E-state index contributed by atoms with van der Waals surface area (Å²) < 4.78 is 1.75. The number of rotatable bonds is 5. The minimum Gasteiger partial charge on any atom is -0.340 e. The monoisotopic (exact) mass is 297 g/mol. The maximum absolute atomic E-state index is 12.4. The third-order valence-corrected chi connectivity index (χ3v) is 3.88. The molecule has 4 heteroatoms. The number of Topliss-reactive ketones (excluding diaryl/α,β-unsaturated/α-hetero) is 3. The van der Waals surface area contributed by atoms with Crippen LogP contribution in [0.1, 0.15) is 56.3 Å². The first-order valence-electron chi connectivity index (χ1n) is 7.14. The average Bonchev–Trinajstić information content (AvgIpc) is 2.72. The third-order valence-electron chi connectivity index (χ3n) is 3.88. The summed E-state index contributed by atoms with van der Waals surface area (Å²) in [5, 5.41) is 0. The zero-order chi connectivity index (χ0) is 16.4. The second-order valence-corrected chi connectivity index (χ2v) is 5.41. The molecule has 0 radical (unpaired) electrons. The van der Waals surface area contributed by atoms with Gasteiger partial charge in [0, 0.05) is 28.1 Å². The van der Waals surface area contributed by atoms with Gasteiger partial charge in [-0.05, 0) is 27.7 Å². The Morgan fingerprint density at radius 3 is 1.73 bits per heavy atom. The first-order valence-corrected chi connectivity index (χ1v) is 7.14. The van der Waals surface area contributed by atoms with E-state index in [9.17, 15) is 14.4 Å². The van der Waals surface area contributed by atoms with Crippen LogP contribution in [0.5, 0.6) is 0 Å². The molecule has 0 atom stereocenters. The van der Waals surface area contributed by atoms with Crippen molar-refractivity contribution in [1.82, 2.24) is 4.57 Å². The fourth-order valence-electron chi connectivity index (χ4n) is 2.84. The summed E-state index contributed by atoms with van der Waals surface area (Å²) in [5.74, 6) is -0.361. The van der Waals surface area contributed by atoms with Gasteiger partial charge in [-0.2, -0.15) is 0 Å². The van der Waals surface area contributed by atoms with Crippen LogP contribution in [0.3, 0.4) is 0 Å². The van der Waals surface area contributed by atoms with Crippen molar-refractivity contribution in [2.24, 2.45) is 0 Å². The van der Waals surface area contributed by atoms with E-state index in [0.29, 0.717) is 28.1 Å². The van der Waals surface area contributed by atoms with E-state index in [-0.39, 0.29) is 23.9 Å².